The van der Waals surface area contributed by atoms with Gasteiger partial charge in [0.1, 0.15) is 23.1 Å². The number of rotatable bonds is 8. The van der Waals surface area contributed by atoms with Gasteiger partial charge in [-0.1, -0.05) is 23.7 Å². The molecule has 8 nitrogen and oxygen atoms in total. The zero-order valence-corrected chi connectivity index (χ0v) is 23.4. The van der Waals surface area contributed by atoms with Crippen molar-refractivity contribution < 1.29 is 32.9 Å². The molecule has 218 valence electrons. The lowest BCUT2D eigenvalue weighted by Gasteiger charge is -2.40. The Morgan fingerprint density at radius 3 is 2.40 bits per heavy atom. The Kier molecular flexibility index (Phi) is 6.69. The van der Waals surface area contributed by atoms with Gasteiger partial charge in [0, 0.05) is 35.5 Å². The first-order valence-corrected chi connectivity index (χ1v) is 13.5. The van der Waals surface area contributed by atoms with Crippen molar-refractivity contribution >= 4 is 17.5 Å². The molecule has 1 unspecified atom stereocenters. The number of carbonyl (C=O) groups is 1. The van der Waals surface area contributed by atoms with Crippen LogP contribution in [0.4, 0.5) is 13.2 Å². The smallest absolute Gasteiger partial charge is 0.257 e. The van der Waals surface area contributed by atoms with Crippen molar-refractivity contribution in [3.8, 4) is 0 Å². The van der Waals surface area contributed by atoms with Crippen LogP contribution < -0.4 is 0 Å². The minimum Gasteiger partial charge on any atom is -0.387 e. The van der Waals surface area contributed by atoms with Crippen LogP contribution in [0.5, 0.6) is 0 Å². The summed E-state index contributed by atoms with van der Waals surface area (Å²) in [4.78, 5) is 19.2. The standard InChI is InChI=1S/C30H26ClF3N4O4/c1-28(40,19-12-36-37(2)14-19)18-9-22-26(24(34)10-18)30(42-16-29(41)7-8-29,17-3-5-20(31)6-4-17)38(27(22)39)15-25-23(33)11-21(32)13-35-25/h3-6,9-14,40-41H,7-8,15-16H2,1-2H3/t28?,30-/m1/s1. The summed E-state index contributed by atoms with van der Waals surface area (Å²) in [7, 11) is 1.67. The van der Waals surface area contributed by atoms with E-state index < -0.39 is 46.8 Å². The van der Waals surface area contributed by atoms with Crippen LogP contribution in [-0.2, 0) is 29.7 Å². The fourth-order valence-corrected chi connectivity index (χ4v) is 5.42. The maximum atomic E-state index is 16.5. The van der Waals surface area contributed by atoms with Gasteiger partial charge < -0.3 is 14.9 Å². The molecule has 0 saturated heterocycles. The molecule has 2 N–H and O–H groups in total. The first-order valence-electron chi connectivity index (χ1n) is 13.1. The van der Waals surface area contributed by atoms with Crippen molar-refractivity contribution in [2.24, 2.45) is 7.05 Å². The van der Waals surface area contributed by atoms with Crippen molar-refractivity contribution in [2.75, 3.05) is 6.61 Å². The maximum absolute atomic E-state index is 16.5. The van der Waals surface area contributed by atoms with E-state index in [1.807, 2.05) is 0 Å². The molecule has 0 bridgehead atoms. The average Bonchev–Trinajstić information content (AvgIpc) is 3.42. The van der Waals surface area contributed by atoms with Crippen LogP contribution in [0.1, 0.15) is 58.1 Å². The number of carbonyl (C=O) groups excluding carboxylic acids is 1. The van der Waals surface area contributed by atoms with Crippen molar-refractivity contribution in [1.82, 2.24) is 19.7 Å². The predicted molar refractivity (Wildman–Crippen MR) is 145 cm³/mol. The summed E-state index contributed by atoms with van der Waals surface area (Å²) < 4.78 is 52.9. The molecule has 42 heavy (non-hydrogen) atoms. The number of aromatic nitrogens is 3. The summed E-state index contributed by atoms with van der Waals surface area (Å²) >= 11 is 6.15. The molecule has 2 aromatic heterocycles. The van der Waals surface area contributed by atoms with Crippen LogP contribution in [0.2, 0.25) is 5.02 Å². The maximum Gasteiger partial charge on any atom is 0.257 e. The van der Waals surface area contributed by atoms with Gasteiger partial charge in [-0.25, -0.2) is 13.2 Å². The third kappa shape index (κ3) is 4.66. The number of hydrogen-bond acceptors (Lipinski definition) is 6. The molecule has 1 saturated carbocycles. The largest absolute Gasteiger partial charge is 0.387 e. The normalized spacial score (nSPS) is 20.5. The van der Waals surface area contributed by atoms with E-state index in [2.05, 4.69) is 10.1 Å². The minimum absolute atomic E-state index is 0.0684. The van der Waals surface area contributed by atoms with Crippen molar-refractivity contribution in [1.29, 1.82) is 0 Å². The number of nitrogens with zero attached hydrogens (tertiary/aromatic N) is 4. The molecule has 0 radical (unpaired) electrons. The van der Waals surface area contributed by atoms with E-state index in [4.69, 9.17) is 16.3 Å². The molecule has 2 aliphatic rings. The Balaban J connectivity index is 1.57. The van der Waals surface area contributed by atoms with E-state index in [9.17, 15) is 23.8 Å². The Bertz CT molecular complexity index is 1710. The Hall–Kier alpha value is -3.77. The molecule has 1 aliphatic carbocycles. The average molecular weight is 599 g/mol. The highest BCUT2D eigenvalue weighted by molar-refractivity contribution is 6.30. The second-order valence-electron chi connectivity index (χ2n) is 11.0. The molecule has 1 amide bonds. The molecule has 4 aromatic rings. The van der Waals surface area contributed by atoms with Crippen molar-refractivity contribution in [3.63, 3.8) is 0 Å². The van der Waals surface area contributed by atoms with Crippen LogP contribution >= 0.6 is 11.6 Å². The van der Waals surface area contributed by atoms with E-state index in [0.29, 0.717) is 29.5 Å². The molecule has 0 spiro atoms. The third-order valence-electron chi connectivity index (χ3n) is 7.92. The van der Waals surface area contributed by atoms with Gasteiger partial charge in [0.15, 0.2) is 5.72 Å². The van der Waals surface area contributed by atoms with Gasteiger partial charge in [-0.15, -0.1) is 0 Å². The summed E-state index contributed by atoms with van der Waals surface area (Å²) in [5.41, 5.74) is -4.84. The lowest BCUT2D eigenvalue weighted by Crippen LogP contribution is -2.48. The summed E-state index contributed by atoms with van der Waals surface area (Å²) in [6.07, 6.45) is 4.69. The van der Waals surface area contributed by atoms with E-state index in [-0.39, 0.29) is 34.6 Å². The van der Waals surface area contributed by atoms with Gasteiger partial charge in [0.25, 0.3) is 5.91 Å². The highest BCUT2D eigenvalue weighted by atomic mass is 35.5. The molecule has 1 aliphatic heterocycles. The zero-order chi connectivity index (χ0) is 30.0. The van der Waals surface area contributed by atoms with Crippen LogP contribution in [0, 0.1) is 17.5 Å². The molecule has 3 heterocycles. The number of hydrogen-bond donors (Lipinski definition) is 2. The Morgan fingerprint density at radius 2 is 1.79 bits per heavy atom. The number of ether oxygens (including phenoxy) is 1. The lowest BCUT2D eigenvalue weighted by molar-refractivity contribution is -0.139. The van der Waals surface area contributed by atoms with E-state index in [0.717, 1.165) is 17.2 Å². The second-order valence-corrected chi connectivity index (χ2v) is 11.4. The fraction of sp³-hybridized carbons (Fsp3) is 0.300. The SMILES string of the molecule is Cn1cc(C(C)(O)c2cc(F)c3c(c2)C(=O)N(Cc2ncc(F)cc2F)[C@@]3(OCC2(O)CC2)c2ccc(Cl)cc2)cn1. The van der Waals surface area contributed by atoms with Gasteiger partial charge in [0.05, 0.1) is 48.0 Å². The molecule has 6 rings (SSSR count). The van der Waals surface area contributed by atoms with Gasteiger partial charge in [0.2, 0.25) is 0 Å². The monoisotopic (exact) mass is 598 g/mol. The molecule has 12 heteroatoms. The van der Waals surface area contributed by atoms with E-state index in [1.54, 1.807) is 25.4 Å². The molecular formula is C30H26ClF3N4O4. The number of halogens is 4. The molecular weight excluding hydrogens is 573 g/mol. The van der Waals surface area contributed by atoms with Crippen LogP contribution in [0.3, 0.4) is 0 Å². The van der Waals surface area contributed by atoms with Gasteiger partial charge in [-0.3, -0.25) is 19.4 Å². The van der Waals surface area contributed by atoms with Crippen LogP contribution in [-0.4, -0.2) is 48.0 Å². The van der Waals surface area contributed by atoms with Crippen LogP contribution in [0.25, 0.3) is 0 Å². The highest BCUT2D eigenvalue weighted by Gasteiger charge is 2.56. The van der Waals surface area contributed by atoms with Crippen LogP contribution in [0.15, 0.2) is 61.1 Å². The quantitative estimate of drug-likeness (QED) is 0.309. The van der Waals surface area contributed by atoms with E-state index >= 15 is 4.39 Å². The number of amides is 1. The fourth-order valence-electron chi connectivity index (χ4n) is 5.29. The number of benzene rings is 2. The first-order chi connectivity index (χ1) is 19.8. The van der Waals surface area contributed by atoms with Gasteiger partial charge in [-0.05, 0) is 49.6 Å². The zero-order valence-electron chi connectivity index (χ0n) is 22.6. The number of fused-ring (bicyclic) bond motifs is 1. The summed E-state index contributed by atoms with van der Waals surface area (Å²) in [5, 5.41) is 26.6. The summed E-state index contributed by atoms with van der Waals surface area (Å²) in [6.45, 7) is 0.646. The molecule has 2 atom stereocenters. The number of aliphatic hydroxyl groups is 2. The molecule has 1 fully saturated rings. The van der Waals surface area contributed by atoms with Gasteiger partial charge in [-0.2, -0.15) is 5.10 Å². The number of aryl methyl sites for hydroxylation is 1. The lowest BCUT2D eigenvalue weighted by atomic mass is 9.85. The molecule has 2 aromatic carbocycles. The highest BCUT2D eigenvalue weighted by Crippen LogP contribution is 2.50. The summed E-state index contributed by atoms with van der Waals surface area (Å²) in [5.74, 6) is -3.55. The number of pyridine rings is 1. The summed E-state index contributed by atoms with van der Waals surface area (Å²) in [6, 6.07) is 9.26. The third-order valence-corrected chi connectivity index (χ3v) is 8.17. The van der Waals surface area contributed by atoms with E-state index in [1.165, 1.54) is 36.0 Å². The predicted octanol–water partition coefficient (Wildman–Crippen LogP) is 4.54. The Labute approximate surface area is 243 Å². The topological polar surface area (TPSA) is 101 Å². The van der Waals surface area contributed by atoms with Crippen molar-refractivity contribution in [2.45, 2.75) is 43.2 Å². The van der Waals surface area contributed by atoms with Crippen molar-refractivity contribution in [3.05, 3.63) is 117 Å². The van der Waals surface area contributed by atoms with Gasteiger partial charge >= 0.3 is 0 Å². The Morgan fingerprint density at radius 1 is 1.07 bits per heavy atom. The minimum atomic E-state index is -2.00. The second kappa shape index (κ2) is 9.91. The first kappa shape index (κ1) is 28.4.